The number of ether oxygens (including phenoxy) is 1. The Morgan fingerprint density at radius 2 is 1.65 bits per heavy atom. The second kappa shape index (κ2) is 4.83. The van der Waals surface area contributed by atoms with E-state index in [1.165, 1.54) is 0 Å². The summed E-state index contributed by atoms with van der Waals surface area (Å²) in [7, 11) is 0. The van der Waals surface area contributed by atoms with Crippen molar-refractivity contribution < 1.29 is 9.53 Å². The molecule has 0 unspecified atom stereocenters. The Bertz CT molecular complexity index is 465. The van der Waals surface area contributed by atoms with Gasteiger partial charge < -0.3 is 4.74 Å². The van der Waals surface area contributed by atoms with Gasteiger partial charge in [-0.1, -0.05) is 23.2 Å². The normalized spacial score (nSPS) is 11.5. The van der Waals surface area contributed by atoms with Gasteiger partial charge in [-0.2, -0.15) is 0 Å². The van der Waals surface area contributed by atoms with Crippen LogP contribution in [0.5, 0.6) is 0 Å². The second-order valence-corrected chi connectivity index (χ2v) is 5.54. The van der Waals surface area contributed by atoms with Gasteiger partial charge in [-0.05, 0) is 45.7 Å². The highest BCUT2D eigenvalue weighted by molar-refractivity contribution is 6.35. The third kappa shape index (κ3) is 3.33. The average Bonchev–Trinajstić information content (AvgIpc) is 2.11. The number of carbonyl (C=O) groups is 1. The fourth-order valence-electron chi connectivity index (χ4n) is 1.29. The highest BCUT2D eigenvalue weighted by Crippen LogP contribution is 2.27. The van der Waals surface area contributed by atoms with Crippen molar-refractivity contribution in [2.24, 2.45) is 0 Å². The molecule has 1 aromatic heterocycles. The van der Waals surface area contributed by atoms with Crippen LogP contribution in [-0.4, -0.2) is 16.6 Å². The zero-order chi connectivity index (χ0) is 13.4. The highest BCUT2D eigenvalue weighted by atomic mass is 35.5. The molecule has 0 aromatic carbocycles. The zero-order valence-electron chi connectivity index (χ0n) is 10.5. The minimum absolute atomic E-state index is 0.0763. The first-order valence-electron chi connectivity index (χ1n) is 5.19. The Morgan fingerprint density at radius 1 is 1.12 bits per heavy atom. The molecule has 0 saturated heterocycles. The molecule has 0 spiro atoms. The van der Waals surface area contributed by atoms with Crippen molar-refractivity contribution in [2.45, 2.75) is 40.2 Å². The zero-order valence-corrected chi connectivity index (χ0v) is 12.0. The summed E-state index contributed by atoms with van der Waals surface area (Å²) in [4.78, 5) is 15.9. The predicted molar refractivity (Wildman–Crippen MR) is 68.9 cm³/mol. The van der Waals surface area contributed by atoms with Gasteiger partial charge in [-0.25, -0.2) is 9.78 Å². The Labute approximate surface area is 111 Å². The monoisotopic (exact) mass is 275 g/mol. The predicted octanol–water partition coefficient (Wildman–Crippen LogP) is 3.96. The van der Waals surface area contributed by atoms with Crippen molar-refractivity contribution in [3.63, 3.8) is 0 Å². The van der Waals surface area contributed by atoms with Crippen LogP contribution in [0.4, 0.5) is 0 Å². The Balaban J connectivity index is 3.24. The minimum atomic E-state index is -0.569. The SMILES string of the molecule is Cc1c(Cl)nc(Cl)c(C(=O)OC(C)(C)C)c1C. The maximum atomic E-state index is 12.0. The fourth-order valence-corrected chi connectivity index (χ4v) is 1.86. The summed E-state index contributed by atoms with van der Waals surface area (Å²) >= 11 is 11.8. The Hall–Kier alpha value is -0.800. The molecule has 0 N–H and O–H groups in total. The standard InChI is InChI=1S/C12H15Cl2NO2/c1-6-7(2)9(13)15-10(14)8(6)11(16)17-12(3,4)5/h1-5H3. The van der Waals surface area contributed by atoms with E-state index in [2.05, 4.69) is 4.98 Å². The van der Waals surface area contributed by atoms with Gasteiger partial charge in [0.05, 0.1) is 0 Å². The van der Waals surface area contributed by atoms with E-state index < -0.39 is 11.6 Å². The first-order chi connectivity index (χ1) is 7.63. The molecule has 1 rings (SSSR count). The number of esters is 1. The van der Waals surface area contributed by atoms with Crippen molar-refractivity contribution in [1.29, 1.82) is 0 Å². The van der Waals surface area contributed by atoms with Crippen LogP contribution >= 0.6 is 23.2 Å². The van der Waals surface area contributed by atoms with Crippen molar-refractivity contribution in [1.82, 2.24) is 4.98 Å². The van der Waals surface area contributed by atoms with Gasteiger partial charge in [0.2, 0.25) is 0 Å². The topological polar surface area (TPSA) is 39.2 Å². The third-order valence-corrected chi connectivity index (χ3v) is 2.89. The molecule has 94 valence electrons. The molecule has 1 heterocycles. The number of hydrogen-bond donors (Lipinski definition) is 0. The molecule has 0 amide bonds. The Morgan fingerprint density at radius 3 is 2.12 bits per heavy atom. The summed E-state index contributed by atoms with van der Waals surface area (Å²) in [5.74, 6) is -0.479. The lowest BCUT2D eigenvalue weighted by molar-refractivity contribution is 0.00684. The van der Waals surface area contributed by atoms with E-state index in [9.17, 15) is 4.79 Å². The van der Waals surface area contributed by atoms with Gasteiger partial charge in [-0.3, -0.25) is 0 Å². The van der Waals surface area contributed by atoms with Gasteiger partial charge in [-0.15, -0.1) is 0 Å². The first kappa shape index (κ1) is 14.3. The van der Waals surface area contributed by atoms with E-state index in [0.717, 1.165) is 5.56 Å². The number of halogens is 2. The summed E-state index contributed by atoms with van der Waals surface area (Å²) < 4.78 is 5.27. The van der Waals surface area contributed by atoms with Gasteiger partial charge in [0, 0.05) is 0 Å². The molecule has 0 fully saturated rings. The van der Waals surface area contributed by atoms with Crippen LogP contribution in [0.15, 0.2) is 0 Å². The molecule has 0 aliphatic carbocycles. The molecule has 1 aromatic rings. The summed E-state index contributed by atoms with van der Waals surface area (Å²) in [5.41, 5.74) is 1.14. The molecule has 0 bridgehead atoms. The minimum Gasteiger partial charge on any atom is -0.456 e. The number of rotatable bonds is 1. The van der Waals surface area contributed by atoms with E-state index in [-0.39, 0.29) is 10.7 Å². The molecule has 17 heavy (non-hydrogen) atoms. The van der Waals surface area contributed by atoms with Crippen molar-refractivity contribution in [2.75, 3.05) is 0 Å². The number of nitrogens with zero attached hydrogens (tertiary/aromatic N) is 1. The highest BCUT2D eigenvalue weighted by Gasteiger charge is 2.24. The number of pyridine rings is 1. The third-order valence-electron chi connectivity index (χ3n) is 2.25. The lowest BCUT2D eigenvalue weighted by Gasteiger charge is -2.21. The number of aromatic nitrogens is 1. The quantitative estimate of drug-likeness (QED) is 0.575. The average molecular weight is 276 g/mol. The van der Waals surface area contributed by atoms with Crippen LogP contribution in [0.25, 0.3) is 0 Å². The lowest BCUT2D eigenvalue weighted by atomic mass is 10.1. The summed E-state index contributed by atoms with van der Waals surface area (Å²) in [6.07, 6.45) is 0. The number of carbonyl (C=O) groups excluding carboxylic acids is 1. The van der Waals surface area contributed by atoms with Crippen LogP contribution < -0.4 is 0 Å². The molecule has 0 radical (unpaired) electrons. The molecular formula is C12H15Cl2NO2. The van der Waals surface area contributed by atoms with Crippen molar-refractivity contribution >= 4 is 29.2 Å². The Kier molecular flexibility index (Phi) is 4.05. The van der Waals surface area contributed by atoms with Gasteiger partial charge in [0.15, 0.2) is 0 Å². The lowest BCUT2D eigenvalue weighted by Crippen LogP contribution is -2.25. The summed E-state index contributed by atoms with van der Waals surface area (Å²) in [6, 6.07) is 0. The van der Waals surface area contributed by atoms with E-state index >= 15 is 0 Å². The van der Waals surface area contributed by atoms with Gasteiger partial charge in [0.1, 0.15) is 21.5 Å². The van der Waals surface area contributed by atoms with Crippen LogP contribution in [0.3, 0.4) is 0 Å². The van der Waals surface area contributed by atoms with E-state index in [0.29, 0.717) is 10.7 Å². The first-order valence-corrected chi connectivity index (χ1v) is 5.94. The largest absolute Gasteiger partial charge is 0.456 e. The molecular weight excluding hydrogens is 261 g/mol. The van der Waals surface area contributed by atoms with Crippen LogP contribution in [-0.2, 0) is 4.74 Å². The van der Waals surface area contributed by atoms with Gasteiger partial charge in [0.25, 0.3) is 0 Å². The molecule has 0 saturated carbocycles. The smallest absolute Gasteiger partial charge is 0.342 e. The molecule has 5 heteroatoms. The van der Waals surface area contributed by atoms with Crippen LogP contribution in [0.2, 0.25) is 10.3 Å². The van der Waals surface area contributed by atoms with Gasteiger partial charge >= 0.3 is 5.97 Å². The van der Waals surface area contributed by atoms with Crippen LogP contribution in [0.1, 0.15) is 42.3 Å². The maximum absolute atomic E-state index is 12.0. The van der Waals surface area contributed by atoms with Crippen LogP contribution in [0, 0.1) is 13.8 Å². The summed E-state index contributed by atoms with van der Waals surface area (Å²) in [5, 5.41) is 0.382. The number of hydrogen-bond acceptors (Lipinski definition) is 3. The fraction of sp³-hybridized carbons (Fsp3) is 0.500. The van der Waals surface area contributed by atoms with Crippen molar-refractivity contribution in [3.05, 3.63) is 27.0 Å². The van der Waals surface area contributed by atoms with E-state index in [1.54, 1.807) is 34.6 Å². The van der Waals surface area contributed by atoms with E-state index in [4.69, 9.17) is 27.9 Å². The second-order valence-electron chi connectivity index (χ2n) is 4.82. The molecule has 3 nitrogen and oxygen atoms in total. The van der Waals surface area contributed by atoms with E-state index in [1.807, 2.05) is 0 Å². The molecule has 0 aliphatic rings. The summed E-state index contributed by atoms with van der Waals surface area (Å²) in [6.45, 7) is 8.95. The maximum Gasteiger partial charge on any atom is 0.342 e. The molecule has 0 aliphatic heterocycles. The molecule has 0 atom stereocenters. The van der Waals surface area contributed by atoms with Crippen molar-refractivity contribution in [3.8, 4) is 0 Å².